The number of rotatable bonds is 5. The lowest BCUT2D eigenvalue weighted by molar-refractivity contribution is 0.433. The van der Waals surface area contributed by atoms with Crippen LogP contribution in [-0.2, 0) is 10.0 Å². The van der Waals surface area contributed by atoms with Crippen LogP contribution in [0.4, 0.5) is 0 Å². The van der Waals surface area contributed by atoms with Gasteiger partial charge in [-0.3, -0.25) is 4.40 Å². The third kappa shape index (κ3) is 2.82. The monoisotopic (exact) mass is 315 g/mol. The maximum absolute atomic E-state index is 12.5. The zero-order valence-corrected chi connectivity index (χ0v) is 13.2. The van der Waals surface area contributed by atoms with Crippen LogP contribution in [0.15, 0.2) is 29.4 Å². The van der Waals surface area contributed by atoms with E-state index in [9.17, 15) is 8.42 Å². The molecule has 20 heavy (non-hydrogen) atoms. The molecule has 0 aliphatic carbocycles. The van der Waals surface area contributed by atoms with Crippen molar-refractivity contribution < 1.29 is 8.42 Å². The fourth-order valence-electron chi connectivity index (χ4n) is 1.96. The Morgan fingerprint density at radius 2 is 2.10 bits per heavy atom. The molecule has 2 aromatic heterocycles. The highest BCUT2D eigenvalue weighted by Gasteiger charge is 2.27. The molecule has 2 atom stereocenters. The lowest BCUT2D eigenvalue weighted by atomic mass is 10.0. The van der Waals surface area contributed by atoms with E-state index in [-0.39, 0.29) is 22.1 Å². The molecule has 0 bridgehead atoms. The van der Waals surface area contributed by atoms with Crippen LogP contribution in [0.25, 0.3) is 5.65 Å². The molecule has 0 spiro atoms. The molecule has 0 radical (unpaired) electrons. The van der Waals surface area contributed by atoms with Gasteiger partial charge < -0.3 is 0 Å². The van der Waals surface area contributed by atoms with Crippen molar-refractivity contribution in [2.24, 2.45) is 5.92 Å². The number of aromatic nitrogens is 2. The van der Waals surface area contributed by atoms with Crippen LogP contribution in [0.5, 0.6) is 0 Å². The van der Waals surface area contributed by atoms with E-state index in [1.807, 2.05) is 20.8 Å². The van der Waals surface area contributed by atoms with E-state index in [0.717, 1.165) is 6.42 Å². The fourth-order valence-corrected chi connectivity index (χ4v) is 3.95. The Kier molecular flexibility index (Phi) is 4.36. The minimum atomic E-state index is -3.71. The van der Waals surface area contributed by atoms with Crippen molar-refractivity contribution in [3.63, 3.8) is 0 Å². The summed E-state index contributed by atoms with van der Waals surface area (Å²) in [6.07, 6.45) is 2.53. The summed E-state index contributed by atoms with van der Waals surface area (Å²) in [7, 11) is -3.71. The molecule has 2 rings (SSSR count). The molecule has 0 amide bonds. The minimum Gasteiger partial charge on any atom is -0.288 e. The van der Waals surface area contributed by atoms with E-state index in [0.29, 0.717) is 5.65 Å². The first-order chi connectivity index (χ1) is 9.36. The van der Waals surface area contributed by atoms with E-state index in [1.54, 1.807) is 24.4 Å². The molecule has 0 saturated heterocycles. The van der Waals surface area contributed by atoms with E-state index in [2.05, 4.69) is 9.71 Å². The van der Waals surface area contributed by atoms with Gasteiger partial charge in [0.05, 0.1) is 0 Å². The van der Waals surface area contributed by atoms with Crippen molar-refractivity contribution in [2.45, 2.75) is 38.3 Å². The zero-order valence-electron chi connectivity index (χ0n) is 11.7. The van der Waals surface area contributed by atoms with Gasteiger partial charge in [-0.15, -0.1) is 0 Å². The lowest BCUT2D eigenvalue weighted by Crippen LogP contribution is -2.37. The molecular formula is C13H18ClN3O2S. The molecule has 0 aliphatic heterocycles. The van der Waals surface area contributed by atoms with Crippen molar-refractivity contribution >= 4 is 27.3 Å². The topological polar surface area (TPSA) is 63.5 Å². The summed E-state index contributed by atoms with van der Waals surface area (Å²) in [5, 5.41) is -0.0232. The van der Waals surface area contributed by atoms with Gasteiger partial charge in [-0.1, -0.05) is 37.9 Å². The van der Waals surface area contributed by atoms with Gasteiger partial charge in [-0.25, -0.2) is 18.1 Å². The number of hydrogen-bond acceptors (Lipinski definition) is 3. The highest BCUT2D eigenvalue weighted by Crippen LogP contribution is 2.23. The van der Waals surface area contributed by atoms with Gasteiger partial charge in [-0.05, 0) is 25.0 Å². The summed E-state index contributed by atoms with van der Waals surface area (Å²) in [4.78, 5) is 4.06. The second kappa shape index (κ2) is 5.71. The van der Waals surface area contributed by atoms with Gasteiger partial charge in [0.25, 0.3) is 10.0 Å². The average molecular weight is 316 g/mol. The van der Waals surface area contributed by atoms with Crippen molar-refractivity contribution in [2.75, 3.05) is 0 Å². The third-order valence-electron chi connectivity index (χ3n) is 3.54. The maximum atomic E-state index is 12.5. The van der Waals surface area contributed by atoms with Crippen molar-refractivity contribution in [3.8, 4) is 0 Å². The number of pyridine rings is 1. The number of sulfonamides is 1. The SMILES string of the molecule is CCC(C)C(C)NS(=O)(=O)c1c(Cl)nc2ccccn12. The Morgan fingerprint density at radius 3 is 2.75 bits per heavy atom. The quantitative estimate of drug-likeness (QED) is 0.922. The summed E-state index contributed by atoms with van der Waals surface area (Å²) < 4.78 is 29.2. The van der Waals surface area contributed by atoms with Crippen molar-refractivity contribution in [1.29, 1.82) is 0 Å². The third-order valence-corrected chi connectivity index (χ3v) is 5.50. The molecule has 0 saturated carbocycles. The number of hydrogen-bond donors (Lipinski definition) is 1. The van der Waals surface area contributed by atoms with Crippen LogP contribution in [0.2, 0.25) is 5.15 Å². The smallest absolute Gasteiger partial charge is 0.260 e. The maximum Gasteiger partial charge on any atom is 0.260 e. The number of fused-ring (bicyclic) bond motifs is 1. The minimum absolute atomic E-state index is 0.00933. The summed E-state index contributed by atoms with van der Waals surface area (Å²) in [6, 6.07) is 5.06. The van der Waals surface area contributed by atoms with Crippen molar-refractivity contribution in [1.82, 2.24) is 14.1 Å². The molecule has 0 aliphatic rings. The lowest BCUT2D eigenvalue weighted by Gasteiger charge is -2.19. The average Bonchev–Trinajstić information content (AvgIpc) is 2.73. The molecule has 5 nitrogen and oxygen atoms in total. The number of nitrogens with one attached hydrogen (secondary N) is 1. The molecule has 1 N–H and O–H groups in total. The van der Waals surface area contributed by atoms with Gasteiger partial charge in [0, 0.05) is 12.2 Å². The number of halogens is 1. The second-order valence-electron chi connectivity index (χ2n) is 4.93. The first-order valence-corrected chi connectivity index (χ1v) is 8.38. The predicted molar refractivity (Wildman–Crippen MR) is 79.4 cm³/mol. The summed E-state index contributed by atoms with van der Waals surface area (Å²) >= 11 is 6.00. The highest BCUT2D eigenvalue weighted by atomic mass is 35.5. The van der Waals surface area contributed by atoms with Crippen LogP contribution in [0.1, 0.15) is 27.2 Å². The normalized spacial score (nSPS) is 15.4. The van der Waals surface area contributed by atoms with Crippen LogP contribution in [0.3, 0.4) is 0 Å². The Bertz CT molecular complexity index is 711. The zero-order chi connectivity index (χ0) is 14.9. The van der Waals surface area contributed by atoms with Crippen LogP contribution in [-0.4, -0.2) is 23.8 Å². The highest BCUT2D eigenvalue weighted by molar-refractivity contribution is 7.89. The summed E-state index contributed by atoms with van der Waals surface area (Å²) in [5.74, 6) is 0.239. The Labute approximate surface area is 124 Å². The summed E-state index contributed by atoms with van der Waals surface area (Å²) in [5.41, 5.74) is 0.508. The Morgan fingerprint density at radius 1 is 1.40 bits per heavy atom. The van der Waals surface area contributed by atoms with E-state index < -0.39 is 10.0 Å². The van der Waals surface area contributed by atoms with Gasteiger partial charge >= 0.3 is 0 Å². The molecule has 2 aromatic rings. The molecule has 2 heterocycles. The number of nitrogens with zero attached hydrogens (tertiary/aromatic N) is 2. The molecule has 7 heteroatoms. The largest absolute Gasteiger partial charge is 0.288 e. The summed E-state index contributed by atoms with van der Waals surface area (Å²) in [6.45, 7) is 5.88. The molecule has 2 unspecified atom stereocenters. The van der Waals surface area contributed by atoms with Crippen molar-refractivity contribution in [3.05, 3.63) is 29.5 Å². The first-order valence-electron chi connectivity index (χ1n) is 6.51. The predicted octanol–water partition coefficient (Wildman–Crippen LogP) is 2.70. The van der Waals surface area contributed by atoms with Gasteiger partial charge in [0.1, 0.15) is 5.65 Å². The fraction of sp³-hybridized carbons (Fsp3) is 0.462. The standard InChI is InChI=1S/C13H18ClN3O2S/c1-4-9(2)10(3)16-20(18,19)13-12(14)15-11-7-5-6-8-17(11)13/h5-10,16H,4H2,1-3H3. The van der Waals surface area contributed by atoms with Crippen LogP contribution >= 0.6 is 11.6 Å². The van der Waals surface area contributed by atoms with Crippen LogP contribution < -0.4 is 4.72 Å². The van der Waals surface area contributed by atoms with Gasteiger partial charge in [0.15, 0.2) is 10.2 Å². The van der Waals surface area contributed by atoms with Crippen LogP contribution in [0, 0.1) is 5.92 Å². The van der Waals surface area contributed by atoms with Gasteiger partial charge in [0.2, 0.25) is 0 Å². The second-order valence-corrected chi connectivity index (χ2v) is 6.92. The molecule has 0 aromatic carbocycles. The first kappa shape index (κ1) is 15.3. The molecule has 110 valence electrons. The van der Waals surface area contributed by atoms with Gasteiger partial charge in [-0.2, -0.15) is 0 Å². The van der Waals surface area contributed by atoms with E-state index >= 15 is 0 Å². The van der Waals surface area contributed by atoms with E-state index in [1.165, 1.54) is 4.40 Å². The van der Waals surface area contributed by atoms with E-state index in [4.69, 9.17) is 11.6 Å². The number of imidazole rings is 1. The molecular weight excluding hydrogens is 298 g/mol. The Balaban J connectivity index is 2.44. The molecule has 0 fully saturated rings. The Hall–Kier alpha value is -1.11.